The second-order valence-corrected chi connectivity index (χ2v) is 9.73. The van der Waals surface area contributed by atoms with Gasteiger partial charge in [0.2, 0.25) is 5.91 Å². The molecule has 2 aromatic carbocycles. The largest absolute Gasteiger partial charge is 0.481 e. The number of fused-ring (bicyclic) bond motifs is 3. The van der Waals surface area contributed by atoms with Crippen LogP contribution in [0.15, 0.2) is 48.5 Å². The third-order valence-electron chi connectivity index (χ3n) is 6.81. The number of hydrogen-bond donors (Lipinski definition) is 3. The van der Waals surface area contributed by atoms with Crippen molar-refractivity contribution in [3.05, 3.63) is 59.7 Å². The molecule has 0 radical (unpaired) electrons. The zero-order chi connectivity index (χ0) is 25.5. The van der Waals surface area contributed by atoms with Crippen LogP contribution < -0.4 is 10.6 Å². The Morgan fingerprint density at radius 3 is 2.03 bits per heavy atom. The molecule has 7 nitrogen and oxygen atoms in total. The van der Waals surface area contributed by atoms with Gasteiger partial charge >= 0.3 is 12.1 Å². The molecule has 0 aliphatic heterocycles. The lowest BCUT2D eigenvalue weighted by atomic mass is 9.96. The van der Waals surface area contributed by atoms with Crippen molar-refractivity contribution in [2.24, 2.45) is 11.8 Å². The zero-order valence-electron chi connectivity index (χ0n) is 20.9. The first-order valence-corrected chi connectivity index (χ1v) is 12.3. The first-order valence-electron chi connectivity index (χ1n) is 12.3. The van der Waals surface area contributed by atoms with Gasteiger partial charge in [-0.1, -0.05) is 82.6 Å². The fourth-order valence-corrected chi connectivity index (χ4v) is 4.51. The van der Waals surface area contributed by atoms with Gasteiger partial charge in [0.1, 0.15) is 12.6 Å². The van der Waals surface area contributed by atoms with Gasteiger partial charge < -0.3 is 20.5 Å². The van der Waals surface area contributed by atoms with Gasteiger partial charge in [-0.2, -0.15) is 0 Å². The first-order chi connectivity index (χ1) is 16.7. The summed E-state index contributed by atoms with van der Waals surface area (Å²) in [7, 11) is 0. The summed E-state index contributed by atoms with van der Waals surface area (Å²) in [6.45, 7) is 7.91. The summed E-state index contributed by atoms with van der Waals surface area (Å²) in [5, 5.41) is 14.7. The standard InChI is InChI=1S/C28H36N2O5/c1-5-18(4)14-25(27(33)29-24(17(2)3)15-26(31)32)30-28(34)35-16-23-21-12-8-6-10-19(21)20-11-7-9-13-22(20)23/h6-13,17-18,23-25H,5,14-16H2,1-4H3,(H,29,33)(H,30,34)(H,31,32)/t18?,24-,25?/m1/s1. The Labute approximate surface area is 207 Å². The summed E-state index contributed by atoms with van der Waals surface area (Å²) in [5.74, 6) is -1.31. The van der Waals surface area contributed by atoms with Gasteiger partial charge in [0.05, 0.1) is 6.42 Å². The number of carbonyl (C=O) groups excluding carboxylic acids is 2. The van der Waals surface area contributed by atoms with Gasteiger partial charge in [-0.25, -0.2) is 4.79 Å². The molecule has 3 N–H and O–H groups in total. The molecular formula is C28H36N2O5. The second kappa shape index (κ2) is 11.9. The lowest BCUT2D eigenvalue weighted by Gasteiger charge is -2.26. The third-order valence-corrected chi connectivity index (χ3v) is 6.81. The molecule has 2 unspecified atom stereocenters. The van der Waals surface area contributed by atoms with E-state index in [2.05, 4.69) is 34.9 Å². The second-order valence-electron chi connectivity index (χ2n) is 9.73. The molecule has 35 heavy (non-hydrogen) atoms. The summed E-state index contributed by atoms with van der Waals surface area (Å²) < 4.78 is 5.63. The monoisotopic (exact) mass is 480 g/mol. The molecule has 7 heteroatoms. The molecule has 1 aliphatic rings. The van der Waals surface area contributed by atoms with Gasteiger partial charge in [0.15, 0.2) is 0 Å². The highest BCUT2D eigenvalue weighted by molar-refractivity contribution is 5.86. The Hall–Kier alpha value is -3.35. The van der Waals surface area contributed by atoms with Crippen molar-refractivity contribution in [2.75, 3.05) is 6.61 Å². The van der Waals surface area contributed by atoms with Crippen LogP contribution in [-0.2, 0) is 14.3 Å². The van der Waals surface area contributed by atoms with Crippen molar-refractivity contribution in [3.8, 4) is 11.1 Å². The predicted molar refractivity (Wildman–Crippen MR) is 135 cm³/mol. The minimum absolute atomic E-state index is 0.0613. The number of carboxylic acids is 1. The van der Waals surface area contributed by atoms with E-state index in [0.29, 0.717) is 6.42 Å². The lowest BCUT2D eigenvalue weighted by Crippen LogP contribution is -2.52. The van der Waals surface area contributed by atoms with Crippen LogP contribution >= 0.6 is 0 Å². The van der Waals surface area contributed by atoms with Crippen molar-refractivity contribution in [1.29, 1.82) is 0 Å². The molecular weight excluding hydrogens is 444 g/mol. The quantitative estimate of drug-likeness (QED) is 0.422. The van der Waals surface area contributed by atoms with E-state index in [1.807, 2.05) is 52.0 Å². The molecule has 0 bridgehead atoms. The smallest absolute Gasteiger partial charge is 0.407 e. The first kappa shape index (κ1) is 26.3. The molecule has 3 rings (SSSR count). The van der Waals surface area contributed by atoms with Gasteiger partial charge in [-0.15, -0.1) is 0 Å². The maximum Gasteiger partial charge on any atom is 0.407 e. The third kappa shape index (κ3) is 6.62. The summed E-state index contributed by atoms with van der Waals surface area (Å²) in [6.07, 6.45) is 0.447. The maximum atomic E-state index is 13.0. The fraction of sp³-hybridized carbons (Fsp3) is 0.464. The number of aliphatic carboxylic acids is 1. The predicted octanol–water partition coefficient (Wildman–Crippen LogP) is 4.95. The molecule has 188 valence electrons. The van der Waals surface area contributed by atoms with E-state index in [0.717, 1.165) is 28.7 Å². The Morgan fingerprint density at radius 1 is 0.943 bits per heavy atom. The lowest BCUT2D eigenvalue weighted by molar-refractivity contribution is -0.138. The Bertz CT molecular complexity index is 1010. The van der Waals surface area contributed by atoms with E-state index in [-0.39, 0.29) is 30.8 Å². The summed E-state index contributed by atoms with van der Waals surface area (Å²) in [6, 6.07) is 14.9. The number of carboxylic acid groups (broad SMARTS) is 1. The molecule has 1 aliphatic carbocycles. The van der Waals surface area contributed by atoms with Crippen molar-refractivity contribution >= 4 is 18.0 Å². The normalized spacial score (nSPS) is 15.0. The Morgan fingerprint density at radius 2 is 1.51 bits per heavy atom. The fourth-order valence-electron chi connectivity index (χ4n) is 4.51. The molecule has 3 atom stereocenters. The average molecular weight is 481 g/mol. The molecule has 0 heterocycles. The van der Waals surface area contributed by atoms with E-state index in [4.69, 9.17) is 4.74 Å². The van der Waals surface area contributed by atoms with Crippen LogP contribution in [0.3, 0.4) is 0 Å². The number of rotatable bonds is 11. The van der Waals surface area contributed by atoms with Gasteiger partial charge in [0, 0.05) is 12.0 Å². The van der Waals surface area contributed by atoms with Crippen LogP contribution in [0.2, 0.25) is 0 Å². The van der Waals surface area contributed by atoms with Crippen molar-refractivity contribution in [1.82, 2.24) is 10.6 Å². The average Bonchev–Trinajstić information content (AvgIpc) is 3.15. The van der Waals surface area contributed by atoms with Crippen molar-refractivity contribution < 1.29 is 24.2 Å². The molecule has 0 fully saturated rings. The van der Waals surface area contributed by atoms with Crippen molar-refractivity contribution in [2.45, 2.75) is 65.0 Å². The van der Waals surface area contributed by atoms with Crippen LogP contribution in [0.4, 0.5) is 4.79 Å². The van der Waals surface area contributed by atoms with Gasteiger partial charge in [-0.3, -0.25) is 9.59 Å². The maximum absolute atomic E-state index is 13.0. The van der Waals surface area contributed by atoms with Crippen LogP contribution in [0.25, 0.3) is 11.1 Å². The van der Waals surface area contributed by atoms with E-state index in [1.165, 1.54) is 0 Å². The van der Waals surface area contributed by atoms with Gasteiger partial charge in [-0.05, 0) is 40.5 Å². The number of alkyl carbamates (subject to hydrolysis) is 1. The van der Waals surface area contributed by atoms with Crippen LogP contribution in [0, 0.1) is 11.8 Å². The summed E-state index contributed by atoms with van der Waals surface area (Å²) in [4.78, 5) is 37.1. The molecule has 0 aromatic heterocycles. The van der Waals surface area contributed by atoms with Crippen molar-refractivity contribution in [3.63, 3.8) is 0 Å². The van der Waals surface area contributed by atoms with E-state index < -0.39 is 30.1 Å². The Kier molecular flexibility index (Phi) is 8.90. The zero-order valence-corrected chi connectivity index (χ0v) is 20.9. The minimum atomic E-state index is -0.980. The highest BCUT2D eigenvalue weighted by atomic mass is 16.5. The Balaban J connectivity index is 1.68. The van der Waals surface area contributed by atoms with Crippen LogP contribution in [0.5, 0.6) is 0 Å². The number of hydrogen-bond acceptors (Lipinski definition) is 4. The summed E-state index contributed by atoms with van der Waals surface area (Å²) in [5.41, 5.74) is 4.52. The number of ether oxygens (including phenoxy) is 1. The van der Waals surface area contributed by atoms with E-state index in [9.17, 15) is 19.5 Å². The number of nitrogens with one attached hydrogen (secondary N) is 2. The number of benzene rings is 2. The molecule has 2 aromatic rings. The SMILES string of the molecule is CCC(C)CC(NC(=O)OCC1c2ccccc2-c2ccccc21)C(=O)N[C@H](CC(=O)O)C(C)C. The molecule has 0 saturated carbocycles. The highest BCUT2D eigenvalue weighted by Crippen LogP contribution is 2.44. The highest BCUT2D eigenvalue weighted by Gasteiger charge is 2.31. The number of amides is 2. The van der Waals surface area contributed by atoms with Crippen LogP contribution in [-0.4, -0.2) is 41.8 Å². The topological polar surface area (TPSA) is 105 Å². The molecule has 0 spiro atoms. The van der Waals surface area contributed by atoms with E-state index >= 15 is 0 Å². The number of carbonyl (C=O) groups is 3. The molecule has 0 saturated heterocycles. The molecule has 2 amide bonds. The van der Waals surface area contributed by atoms with Crippen LogP contribution in [0.1, 0.15) is 64.0 Å². The minimum Gasteiger partial charge on any atom is -0.481 e. The van der Waals surface area contributed by atoms with Gasteiger partial charge in [0.25, 0.3) is 0 Å². The van der Waals surface area contributed by atoms with E-state index in [1.54, 1.807) is 0 Å². The summed E-state index contributed by atoms with van der Waals surface area (Å²) >= 11 is 0.